The van der Waals surface area contributed by atoms with Crippen LogP contribution in [-0.2, 0) is 0 Å². The fraction of sp³-hybridized carbons (Fsp3) is 0.0435. The van der Waals surface area contributed by atoms with Crippen LogP contribution in [-0.4, -0.2) is 18.7 Å². The average Bonchev–Trinajstić information content (AvgIpc) is 2.75. The summed E-state index contributed by atoms with van der Waals surface area (Å²) < 4.78 is 5.11. The largest absolute Gasteiger partial charge is 0.497 e. The minimum absolute atomic E-state index is 0.279. The highest BCUT2D eigenvalue weighted by atomic mass is 16.5. The molecule has 0 saturated carbocycles. The number of amides is 1. The molecule has 4 nitrogen and oxygen atoms in total. The summed E-state index contributed by atoms with van der Waals surface area (Å²) in [5, 5.41) is 4.33. The van der Waals surface area contributed by atoms with Crippen LogP contribution < -0.4 is 10.2 Å². The van der Waals surface area contributed by atoms with Gasteiger partial charge in [-0.3, -0.25) is 4.79 Å². The zero-order valence-electron chi connectivity index (χ0n) is 15.0. The van der Waals surface area contributed by atoms with Crippen molar-refractivity contribution >= 4 is 17.7 Å². The van der Waals surface area contributed by atoms with Crippen LogP contribution in [0.3, 0.4) is 0 Å². The lowest BCUT2D eigenvalue weighted by atomic mass is 10.1. The molecule has 0 fully saturated rings. The van der Waals surface area contributed by atoms with Crippen LogP contribution in [0.1, 0.15) is 21.5 Å². The van der Waals surface area contributed by atoms with Crippen LogP contribution in [0.15, 0.2) is 96.1 Å². The zero-order chi connectivity index (χ0) is 18.9. The van der Waals surface area contributed by atoms with Gasteiger partial charge in [-0.05, 0) is 35.9 Å². The van der Waals surface area contributed by atoms with Gasteiger partial charge in [-0.15, -0.1) is 0 Å². The van der Waals surface area contributed by atoms with Crippen molar-refractivity contribution < 1.29 is 9.53 Å². The fourth-order valence-corrected chi connectivity index (χ4v) is 2.46. The smallest absolute Gasteiger partial charge is 0.271 e. The molecule has 0 aliphatic carbocycles. The van der Waals surface area contributed by atoms with Gasteiger partial charge in [0, 0.05) is 11.1 Å². The predicted molar refractivity (Wildman–Crippen MR) is 109 cm³/mol. The number of hydrogen-bond donors (Lipinski definition) is 1. The molecule has 0 aliphatic rings. The average molecular weight is 356 g/mol. The van der Waals surface area contributed by atoms with E-state index in [0.717, 1.165) is 11.1 Å². The van der Waals surface area contributed by atoms with Crippen molar-refractivity contribution in [2.24, 2.45) is 5.10 Å². The molecule has 0 aliphatic heterocycles. The third-order valence-electron chi connectivity index (χ3n) is 3.93. The molecule has 134 valence electrons. The quantitative estimate of drug-likeness (QED) is 0.521. The molecule has 3 aromatic rings. The number of carbonyl (C=O) groups is 1. The lowest BCUT2D eigenvalue weighted by Gasteiger charge is -2.05. The van der Waals surface area contributed by atoms with Crippen LogP contribution >= 0.6 is 0 Å². The van der Waals surface area contributed by atoms with Gasteiger partial charge in [-0.1, -0.05) is 66.7 Å². The van der Waals surface area contributed by atoms with Crippen molar-refractivity contribution in [3.8, 4) is 5.75 Å². The van der Waals surface area contributed by atoms with E-state index in [-0.39, 0.29) is 5.91 Å². The Balaban J connectivity index is 1.81. The number of allylic oxidation sites excluding steroid dienone is 1. The van der Waals surface area contributed by atoms with Gasteiger partial charge in [0.15, 0.2) is 0 Å². The van der Waals surface area contributed by atoms with Crippen molar-refractivity contribution in [3.05, 3.63) is 108 Å². The maximum Gasteiger partial charge on any atom is 0.271 e. The SMILES string of the molecule is COc1ccc(C(=O)NN=C(/C=C/c2ccccc2)c2ccccc2)cc1. The van der Waals surface area contributed by atoms with Crippen molar-refractivity contribution in [3.63, 3.8) is 0 Å². The Hall–Kier alpha value is -3.66. The molecule has 0 bridgehead atoms. The Kier molecular flexibility index (Phi) is 6.15. The summed E-state index contributed by atoms with van der Waals surface area (Å²) in [6.45, 7) is 0. The van der Waals surface area contributed by atoms with E-state index < -0.39 is 0 Å². The number of benzene rings is 3. The maximum atomic E-state index is 12.4. The first kappa shape index (κ1) is 18.1. The van der Waals surface area contributed by atoms with Gasteiger partial charge in [0.05, 0.1) is 12.8 Å². The lowest BCUT2D eigenvalue weighted by Crippen LogP contribution is -2.19. The molecule has 4 heteroatoms. The number of ether oxygens (including phenoxy) is 1. The minimum Gasteiger partial charge on any atom is -0.497 e. The van der Waals surface area contributed by atoms with E-state index in [9.17, 15) is 4.79 Å². The predicted octanol–water partition coefficient (Wildman–Crippen LogP) is 4.54. The van der Waals surface area contributed by atoms with Gasteiger partial charge in [0.25, 0.3) is 5.91 Å². The standard InChI is InChI=1S/C23H20N2O2/c1-27-21-15-13-20(14-16-21)23(26)25-24-22(19-10-6-3-7-11-19)17-12-18-8-4-2-5-9-18/h2-17H,1H3,(H,25,26)/b17-12+,24-22?. The number of methoxy groups -OCH3 is 1. The second kappa shape index (κ2) is 9.15. The Morgan fingerprint density at radius 2 is 1.48 bits per heavy atom. The van der Waals surface area contributed by atoms with Crippen LogP contribution in [0.4, 0.5) is 0 Å². The molecule has 1 amide bonds. The molecule has 0 spiro atoms. The van der Waals surface area contributed by atoms with E-state index in [0.29, 0.717) is 17.0 Å². The summed E-state index contributed by atoms with van der Waals surface area (Å²) >= 11 is 0. The number of nitrogens with zero attached hydrogens (tertiary/aromatic N) is 1. The Morgan fingerprint density at radius 1 is 0.852 bits per heavy atom. The van der Waals surface area contributed by atoms with Crippen molar-refractivity contribution in [2.75, 3.05) is 7.11 Å². The molecule has 0 atom stereocenters. The van der Waals surface area contributed by atoms with Crippen molar-refractivity contribution in [1.29, 1.82) is 0 Å². The number of rotatable bonds is 6. The van der Waals surface area contributed by atoms with E-state index in [4.69, 9.17) is 4.74 Å². The van der Waals surface area contributed by atoms with Crippen LogP contribution in [0.5, 0.6) is 5.75 Å². The van der Waals surface area contributed by atoms with Gasteiger partial charge in [0.2, 0.25) is 0 Å². The molecule has 0 heterocycles. The molecule has 0 saturated heterocycles. The number of nitrogens with one attached hydrogen (secondary N) is 1. The summed E-state index contributed by atoms with van der Waals surface area (Å²) in [7, 11) is 1.59. The van der Waals surface area contributed by atoms with E-state index in [1.807, 2.05) is 72.8 Å². The van der Waals surface area contributed by atoms with Gasteiger partial charge in [-0.25, -0.2) is 5.43 Å². The molecule has 0 unspecified atom stereocenters. The van der Waals surface area contributed by atoms with Crippen LogP contribution in [0.25, 0.3) is 6.08 Å². The van der Waals surface area contributed by atoms with E-state index in [1.165, 1.54) is 0 Å². The summed E-state index contributed by atoms with van der Waals surface area (Å²) in [5.74, 6) is 0.421. The molecule has 27 heavy (non-hydrogen) atoms. The third kappa shape index (κ3) is 5.16. The van der Waals surface area contributed by atoms with Gasteiger partial charge in [0.1, 0.15) is 5.75 Å². The summed E-state index contributed by atoms with van der Waals surface area (Å²) in [4.78, 5) is 12.4. The van der Waals surface area contributed by atoms with Gasteiger partial charge < -0.3 is 4.74 Å². The first-order valence-electron chi connectivity index (χ1n) is 8.57. The zero-order valence-corrected chi connectivity index (χ0v) is 15.0. The molecule has 3 rings (SSSR count). The Labute approximate surface area is 158 Å². The third-order valence-corrected chi connectivity index (χ3v) is 3.93. The second-order valence-electron chi connectivity index (χ2n) is 5.78. The van der Waals surface area contributed by atoms with E-state index in [2.05, 4.69) is 10.5 Å². The van der Waals surface area contributed by atoms with Crippen LogP contribution in [0, 0.1) is 0 Å². The fourth-order valence-electron chi connectivity index (χ4n) is 2.46. The monoisotopic (exact) mass is 356 g/mol. The molecule has 1 N–H and O–H groups in total. The topological polar surface area (TPSA) is 50.7 Å². The summed E-state index contributed by atoms with van der Waals surface area (Å²) in [6, 6.07) is 26.5. The highest BCUT2D eigenvalue weighted by Gasteiger charge is 2.06. The summed E-state index contributed by atoms with van der Waals surface area (Å²) in [5.41, 5.74) is 5.78. The first-order chi connectivity index (χ1) is 13.3. The highest BCUT2D eigenvalue weighted by Crippen LogP contribution is 2.11. The summed E-state index contributed by atoms with van der Waals surface area (Å²) in [6.07, 6.45) is 3.85. The van der Waals surface area contributed by atoms with Gasteiger partial charge in [-0.2, -0.15) is 5.10 Å². The number of carbonyl (C=O) groups excluding carboxylic acids is 1. The molecule has 0 aromatic heterocycles. The number of hydrogen-bond acceptors (Lipinski definition) is 3. The normalized spacial score (nSPS) is 11.4. The maximum absolute atomic E-state index is 12.4. The Bertz CT molecular complexity index is 931. The highest BCUT2D eigenvalue weighted by molar-refractivity contribution is 6.11. The van der Waals surface area contributed by atoms with Crippen molar-refractivity contribution in [1.82, 2.24) is 5.43 Å². The van der Waals surface area contributed by atoms with E-state index in [1.54, 1.807) is 31.4 Å². The number of hydrazone groups is 1. The first-order valence-corrected chi connectivity index (χ1v) is 8.57. The molecule has 3 aromatic carbocycles. The molecular weight excluding hydrogens is 336 g/mol. The second-order valence-corrected chi connectivity index (χ2v) is 5.78. The van der Waals surface area contributed by atoms with Crippen molar-refractivity contribution in [2.45, 2.75) is 0 Å². The minimum atomic E-state index is -0.279. The van der Waals surface area contributed by atoms with Gasteiger partial charge >= 0.3 is 0 Å². The van der Waals surface area contributed by atoms with Crippen LogP contribution in [0.2, 0.25) is 0 Å². The molecule has 0 radical (unpaired) electrons. The lowest BCUT2D eigenvalue weighted by molar-refractivity contribution is 0.0955. The van der Waals surface area contributed by atoms with E-state index >= 15 is 0 Å². The molecular formula is C23H20N2O2. The Morgan fingerprint density at radius 3 is 2.11 bits per heavy atom.